The topological polar surface area (TPSA) is 46.2 Å². The van der Waals surface area contributed by atoms with E-state index in [4.69, 9.17) is 35.4 Å². The van der Waals surface area contributed by atoms with E-state index in [9.17, 15) is 5.11 Å². The number of piperidine rings is 1. The highest BCUT2D eigenvalue weighted by atomic mass is 35.5. The lowest BCUT2D eigenvalue weighted by atomic mass is 10.1. The van der Waals surface area contributed by atoms with Crippen LogP contribution in [0.3, 0.4) is 0 Å². The number of benzene rings is 1. The number of aliphatic hydroxyl groups is 1. The van der Waals surface area contributed by atoms with Crippen molar-refractivity contribution in [3.63, 3.8) is 0 Å². The van der Waals surface area contributed by atoms with Crippen LogP contribution in [0.5, 0.6) is 0 Å². The normalized spacial score (nSPS) is 18.4. The lowest BCUT2D eigenvalue weighted by Crippen LogP contribution is -2.39. The number of hydrogen-bond donors (Lipinski definition) is 1. The lowest BCUT2D eigenvalue weighted by Gasteiger charge is -2.29. The number of likely N-dealkylation sites (tertiary alicyclic amines) is 1. The van der Waals surface area contributed by atoms with Crippen molar-refractivity contribution in [1.29, 1.82) is 0 Å². The summed E-state index contributed by atoms with van der Waals surface area (Å²) in [7, 11) is 0. The Morgan fingerprint density at radius 3 is 2.88 bits per heavy atom. The van der Waals surface area contributed by atoms with Gasteiger partial charge in [0.05, 0.1) is 17.8 Å². The average molecular weight is 399 g/mol. The van der Waals surface area contributed by atoms with Gasteiger partial charge in [-0.25, -0.2) is 4.68 Å². The van der Waals surface area contributed by atoms with Gasteiger partial charge in [-0.05, 0) is 43.3 Å². The predicted octanol–water partition coefficient (Wildman–Crippen LogP) is 3.99. The monoisotopic (exact) mass is 398 g/mol. The lowest BCUT2D eigenvalue weighted by molar-refractivity contribution is 0.0513. The molecule has 0 unspecified atom stereocenters. The van der Waals surface area contributed by atoms with Crippen LogP contribution in [-0.4, -0.2) is 43.5 Å². The fourth-order valence-corrected chi connectivity index (χ4v) is 3.80. The maximum atomic E-state index is 9.87. The summed E-state index contributed by atoms with van der Waals surface area (Å²) in [5, 5.41) is 15.7. The van der Waals surface area contributed by atoms with Crippen LogP contribution in [0.4, 0.5) is 0 Å². The van der Waals surface area contributed by atoms with Gasteiger partial charge in [0.25, 0.3) is 0 Å². The van der Waals surface area contributed by atoms with Crippen LogP contribution in [0.1, 0.15) is 12.8 Å². The van der Waals surface area contributed by atoms with Gasteiger partial charge in [0.15, 0.2) is 10.6 Å². The molecule has 1 aromatic carbocycles. The molecule has 25 heavy (non-hydrogen) atoms. The van der Waals surface area contributed by atoms with E-state index >= 15 is 0 Å². The number of β-amino-alcohol motifs (C(OH)–C–C–N with tert-alkyl or cyclic N) is 1. The molecular formula is C17H20Cl2N4OS. The summed E-state index contributed by atoms with van der Waals surface area (Å²) in [5.74, 6) is 0.684. The van der Waals surface area contributed by atoms with E-state index in [1.807, 2.05) is 10.6 Å². The molecule has 1 saturated heterocycles. The Morgan fingerprint density at radius 1 is 1.40 bits per heavy atom. The van der Waals surface area contributed by atoms with Crippen molar-refractivity contribution in [1.82, 2.24) is 19.2 Å². The molecule has 134 valence electrons. The largest absolute Gasteiger partial charge is 0.392 e. The standard InChI is InChI=1S/C17H20Cl2N4OS/c1-2-7-22-16(14-6-5-12(18)9-15(14)19)20-23(17(22)25)11-21-8-3-4-13(24)10-21/h2,5-6,9,13,24H,1,3-4,7-8,10-11H2/t13-/m0/s1. The minimum Gasteiger partial charge on any atom is -0.392 e. The molecule has 1 fully saturated rings. The fourth-order valence-electron chi connectivity index (χ4n) is 3.05. The molecule has 0 spiro atoms. The smallest absolute Gasteiger partial charge is 0.199 e. The Hall–Kier alpha value is -1.18. The summed E-state index contributed by atoms with van der Waals surface area (Å²) < 4.78 is 4.27. The molecule has 0 bridgehead atoms. The van der Waals surface area contributed by atoms with Gasteiger partial charge < -0.3 is 5.11 Å². The van der Waals surface area contributed by atoms with E-state index in [2.05, 4.69) is 16.6 Å². The first-order valence-electron chi connectivity index (χ1n) is 8.14. The highest BCUT2D eigenvalue weighted by Crippen LogP contribution is 2.29. The van der Waals surface area contributed by atoms with Crippen LogP contribution in [0.2, 0.25) is 10.0 Å². The maximum absolute atomic E-state index is 9.87. The number of hydrogen-bond acceptors (Lipinski definition) is 4. The zero-order valence-corrected chi connectivity index (χ0v) is 16.1. The molecule has 0 aliphatic carbocycles. The van der Waals surface area contributed by atoms with Crippen LogP contribution in [-0.2, 0) is 13.2 Å². The highest BCUT2D eigenvalue weighted by Gasteiger charge is 2.20. The van der Waals surface area contributed by atoms with E-state index in [0.717, 1.165) is 24.9 Å². The highest BCUT2D eigenvalue weighted by molar-refractivity contribution is 7.71. The fraction of sp³-hybridized carbons (Fsp3) is 0.412. The molecule has 8 heteroatoms. The second-order valence-electron chi connectivity index (χ2n) is 6.14. The van der Waals surface area contributed by atoms with Gasteiger partial charge in [0.2, 0.25) is 0 Å². The van der Waals surface area contributed by atoms with E-state index in [1.165, 1.54) is 0 Å². The molecule has 0 radical (unpaired) electrons. The van der Waals surface area contributed by atoms with Crippen molar-refractivity contribution >= 4 is 35.4 Å². The van der Waals surface area contributed by atoms with Crippen molar-refractivity contribution in [2.24, 2.45) is 0 Å². The predicted molar refractivity (Wildman–Crippen MR) is 104 cm³/mol. The van der Waals surface area contributed by atoms with Crippen molar-refractivity contribution < 1.29 is 5.11 Å². The molecule has 5 nitrogen and oxygen atoms in total. The molecule has 0 amide bonds. The van der Waals surface area contributed by atoms with Crippen LogP contribution >= 0.6 is 35.4 Å². The molecule has 2 aromatic rings. The number of aliphatic hydroxyl groups excluding tert-OH is 1. The van der Waals surface area contributed by atoms with Gasteiger partial charge in [-0.1, -0.05) is 29.3 Å². The van der Waals surface area contributed by atoms with Crippen LogP contribution in [0.15, 0.2) is 30.9 Å². The van der Waals surface area contributed by atoms with E-state index in [1.54, 1.807) is 22.9 Å². The second-order valence-corrected chi connectivity index (χ2v) is 7.35. The molecule has 3 rings (SSSR count). The van der Waals surface area contributed by atoms with Crippen molar-refractivity contribution in [3.8, 4) is 11.4 Å². The Morgan fingerprint density at radius 2 is 2.20 bits per heavy atom. The average Bonchev–Trinajstić information content (AvgIpc) is 2.85. The molecule has 1 aliphatic heterocycles. The van der Waals surface area contributed by atoms with Gasteiger partial charge in [-0.3, -0.25) is 9.47 Å². The van der Waals surface area contributed by atoms with Crippen molar-refractivity contribution in [2.75, 3.05) is 13.1 Å². The molecule has 0 saturated carbocycles. The molecular weight excluding hydrogens is 379 g/mol. The summed E-state index contributed by atoms with van der Waals surface area (Å²) in [4.78, 5) is 2.16. The van der Waals surface area contributed by atoms with Crippen LogP contribution < -0.4 is 0 Å². The quantitative estimate of drug-likeness (QED) is 0.610. The Bertz CT molecular complexity index is 833. The SMILES string of the molecule is C=CCn1c(-c2ccc(Cl)cc2Cl)nn(CN2CCC[C@H](O)C2)c1=S. The summed E-state index contributed by atoms with van der Waals surface area (Å²) in [6.07, 6.45) is 3.30. The second kappa shape index (κ2) is 8.01. The van der Waals surface area contributed by atoms with Gasteiger partial charge in [0.1, 0.15) is 0 Å². The minimum absolute atomic E-state index is 0.289. The number of nitrogens with zero attached hydrogens (tertiary/aromatic N) is 4. The Kier molecular flexibility index (Phi) is 5.96. The number of aromatic nitrogens is 3. The first kappa shape index (κ1) is 18.6. The van der Waals surface area contributed by atoms with Crippen molar-refractivity contribution in [3.05, 3.63) is 45.7 Å². The molecule has 1 aliphatic rings. The zero-order valence-electron chi connectivity index (χ0n) is 13.7. The number of rotatable bonds is 5. The number of allylic oxidation sites excluding steroid dienone is 1. The Labute approximate surface area is 162 Å². The van der Waals surface area contributed by atoms with E-state index in [-0.39, 0.29) is 6.10 Å². The summed E-state index contributed by atoms with van der Waals surface area (Å²) in [5.41, 5.74) is 0.774. The van der Waals surface area contributed by atoms with Crippen LogP contribution in [0.25, 0.3) is 11.4 Å². The molecule has 1 N–H and O–H groups in total. The molecule has 1 atom stereocenters. The minimum atomic E-state index is -0.289. The van der Waals surface area contributed by atoms with Gasteiger partial charge >= 0.3 is 0 Å². The first-order chi connectivity index (χ1) is 12.0. The van der Waals surface area contributed by atoms with Crippen LogP contribution in [0, 0.1) is 4.77 Å². The molecule has 2 heterocycles. The first-order valence-corrected chi connectivity index (χ1v) is 9.30. The summed E-state index contributed by atoms with van der Waals surface area (Å²) in [6, 6.07) is 5.32. The maximum Gasteiger partial charge on any atom is 0.199 e. The third-order valence-electron chi connectivity index (χ3n) is 4.22. The summed E-state index contributed by atoms with van der Waals surface area (Å²) >= 11 is 18.0. The van der Waals surface area contributed by atoms with E-state index in [0.29, 0.717) is 40.4 Å². The zero-order chi connectivity index (χ0) is 18.0. The molecule has 1 aromatic heterocycles. The summed E-state index contributed by atoms with van der Waals surface area (Å²) in [6.45, 7) is 6.43. The third-order valence-corrected chi connectivity index (χ3v) is 5.20. The third kappa shape index (κ3) is 4.15. The van der Waals surface area contributed by atoms with Crippen molar-refractivity contribution in [2.45, 2.75) is 32.2 Å². The van der Waals surface area contributed by atoms with Gasteiger partial charge in [-0.2, -0.15) is 5.10 Å². The number of halogens is 2. The Balaban J connectivity index is 1.98. The van der Waals surface area contributed by atoms with Gasteiger partial charge in [-0.15, -0.1) is 6.58 Å². The van der Waals surface area contributed by atoms with Gasteiger partial charge in [0, 0.05) is 30.2 Å². The van der Waals surface area contributed by atoms with E-state index < -0.39 is 0 Å².